The van der Waals surface area contributed by atoms with E-state index in [0.29, 0.717) is 5.41 Å². The number of fused-ring (bicyclic) bond motifs is 1. The Morgan fingerprint density at radius 1 is 1.47 bits per heavy atom. The largest absolute Gasteiger partial charge is 0.175 e. The van der Waals surface area contributed by atoms with Gasteiger partial charge in [0.05, 0.1) is 7.05 Å². The summed E-state index contributed by atoms with van der Waals surface area (Å²) in [5.74, 6) is 2.90. The smallest absolute Gasteiger partial charge is 0.167 e. The highest BCUT2D eigenvalue weighted by molar-refractivity contribution is 9.09. The minimum Gasteiger partial charge on any atom is -0.167 e. The molecule has 4 nitrogen and oxygen atoms in total. The van der Waals surface area contributed by atoms with Crippen molar-refractivity contribution in [3.05, 3.63) is 5.82 Å². The van der Waals surface area contributed by atoms with Gasteiger partial charge >= 0.3 is 0 Å². The van der Waals surface area contributed by atoms with Gasteiger partial charge in [-0.25, -0.2) is 0 Å². The Bertz CT molecular complexity index is 365. The standard InChI is InChI=1S/C10H15BrN4/c1-15-13-9(12-14-15)5-10(6-11)3-7-2-8(7)4-10/h7-8H,2-6H2,1H3. The molecule has 0 aromatic carbocycles. The molecule has 82 valence electrons. The Hall–Kier alpha value is -0.450. The first-order chi connectivity index (χ1) is 7.21. The van der Waals surface area contributed by atoms with E-state index in [1.807, 2.05) is 7.05 Å². The molecule has 1 aromatic rings. The first-order valence-electron chi connectivity index (χ1n) is 5.50. The molecule has 0 N–H and O–H groups in total. The minimum atomic E-state index is 0.413. The number of halogens is 1. The number of rotatable bonds is 3. The third kappa shape index (κ3) is 1.71. The molecule has 2 fully saturated rings. The van der Waals surface area contributed by atoms with E-state index in [-0.39, 0.29) is 0 Å². The van der Waals surface area contributed by atoms with E-state index in [9.17, 15) is 0 Å². The van der Waals surface area contributed by atoms with Crippen LogP contribution in [0.2, 0.25) is 0 Å². The second-order valence-corrected chi connectivity index (χ2v) is 5.73. The number of tetrazole rings is 1. The van der Waals surface area contributed by atoms with Gasteiger partial charge in [-0.2, -0.15) is 4.80 Å². The van der Waals surface area contributed by atoms with Gasteiger partial charge in [0.15, 0.2) is 5.82 Å². The van der Waals surface area contributed by atoms with Crippen LogP contribution < -0.4 is 0 Å². The topological polar surface area (TPSA) is 43.6 Å². The highest BCUT2D eigenvalue weighted by atomic mass is 79.9. The maximum atomic E-state index is 4.28. The quantitative estimate of drug-likeness (QED) is 0.784. The molecule has 2 saturated carbocycles. The molecule has 1 heterocycles. The predicted molar refractivity (Wildman–Crippen MR) is 59.6 cm³/mol. The summed E-state index contributed by atoms with van der Waals surface area (Å²) in [5.41, 5.74) is 0.413. The Morgan fingerprint density at radius 2 is 2.20 bits per heavy atom. The third-order valence-corrected chi connectivity index (χ3v) is 5.02. The van der Waals surface area contributed by atoms with Crippen LogP contribution in [0.1, 0.15) is 25.1 Å². The highest BCUT2D eigenvalue weighted by Crippen LogP contribution is 2.61. The van der Waals surface area contributed by atoms with Gasteiger partial charge in [0.25, 0.3) is 0 Å². The van der Waals surface area contributed by atoms with Crippen molar-refractivity contribution in [2.45, 2.75) is 25.7 Å². The molecule has 0 radical (unpaired) electrons. The van der Waals surface area contributed by atoms with Crippen LogP contribution in [0.3, 0.4) is 0 Å². The second kappa shape index (κ2) is 3.27. The van der Waals surface area contributed by atoms with Crippen LogP contribution >= 0.6 is 15.9 Å². The Balaban J connectivity index is 1.75. The fourth-order valence-electron chi connectivity index (χ4n) is 3.04. The summed E-state index contributed by atoms with van der Waals surface area (Å²) in [4.78, 5) is 1.55. The molecule has 0 bridgehead atoms. The first-order valence-corrected chi connectivity index (χ1v) is 6.62. The first kappa shape index (κ1) is 9.75. The van der Waals surface area contributed by atoms with Gasteiger partial charge in [-0.15, -0.1) is 10.2 Å². The minimum absolute atomic E-state index is 0.413. The van der Waals surface area contributed by atoms with Gasteiger partial charge in [0.2, 0.25) is 0 Å². The van der Waals surface area contributed by atoms with E-state index in [4.69, 9.17) is 0 Å². The number of nitrogens with zero attached hydrogens (tertiary/aromatic N) is 4. The Morgan fingerprint density at radius 3 is 2.73 bits per heavy atom. The van der Waals surface area contributed by atoms with Gasteiger partial charge in [0.1, 0.15) is 0 Å². The van der Waals surface area contributed by atoms with E-state index in [2.05, 4.69) is 31.3 Å². The molecular formula is C10H15BrN4. The highest BCUT2D eigenvalue weighted by Gasteiger charge is 2.53. The lowest BCUT2D eigenvalue weighted by molar-refractivity contribution is 0.301. The molecular weight excluding hydrogens is 256 g/mol. The zero-order valence-electron chi connectivity index (χ0n) is 8.86. The van der Waals surface area contributed by atoms with Gasteiger partial charge in [-0.1, -0.05) is 15.9 Å². The number of hydrogen-bond donors (Lipinski definition) is 0. The van der Waals surface area contributed by atoms with Crippen LogP contribution in [0.4, 0.5) is 0 Å². The predicted octanol–water partition coefficient (Wildman–Crippen LogP) is 1.56. The summed E-state index contributed by atoms with van der Waals surface area (Å²) in [6, 6.07) is 0. The van der Waals surface area contributed by atoms with Crippen LogP contribution in [-0.2, 0) is 13.5 Å². The Kier molecular flexibility index (Phi) is 2.13. The number of hydrogen-bond acceptors (Lipinski definition) is 3. The fraction of sp³-hybridized carbons (Fsp3) is 0.900. The van der Waals surface area contributed by atoms with Crippen LogP contribution in [0.15, 0.2) is 0 Å². The molecule has 2 atom stereocenters. The van der Waals surface area contributed by atoms with Crippen molar-refractivity contribution in [1.82, 2.24) is 20.2 Å². The van der Waals surface area contributed by atoms with Crippen molar-refractivity contribution >= 4 is 15.9 Å². The third-order valence-electron chi connectivity index (χ3n) is 3.83. The van der Waals surface area contributed by atoms with Crippen molar-refractivity contribution in [3.63, 3.8) is 0 Å². The Labute approximate surface area is 97.6 Å². The summed E-state index contributed by atoms with van der Waals surface area (Å²) in [6.07, 6.45) is 5.14. The normalized spacial score (nSPS) is 38.0. The monoisotopic (exact) mass is 270 g/mol. The molecule has 3 rings (SSSR count). The lowest BCUT2D eigenvalue weighted by atomic mass is 9.82. The van der Waals surface area contributed by atoms with E-state index < -0.39 is 0 Å². The van der Waals surface area contributed by atoms with Gasteiger partial charge in [-0.05, 0) is 41.7 Å². The van der Waals surface area contributed by atoms with Crippen LogP contribution in [0.25, 0.3) is 0 Å². The molecule has 2 aliphatic rings. The van der Waals surface area contributed by atoms with E-state index in [1.54, 1.807) is 4.80 Å². The summed E-state index contributed by atoms with van der Waals surface area (Å²) >= 11 is 3.66. The molecule has 0 amide bonds. The summed E-state index contributed by atoms with van der Waals surface area (Å²) < 4.78 is 0. The molecule has 0 aliphatic heterocycles. The number of aromatic nitrogens is 4. The molecule has 2 aliphatic carbocycles. The molecule has 2 unspecified atom stereocenters. The van der Waals surface area contributed by atoms with Gasteiger partial charge in [-0.3, -0.25) is 0 Å². The van der Waals surface area contributed by atoms with Gasteiger partial charge in [0, 0.05) is 11.8 Å². The van der Waals surface area contributed by atoms with E-state index in [1.165, 1.54) is 19.3 Å². The van der Waals surface area contributed by atoms with Crippen molar-refractivity contribution in [2.75, 3.05) is 5.33 Å². The number of alkyl halides is 1. The zero-order chi connectivity index (χ0) is 10.5. The maximum absolute atomic E-state index is 4.28. The van der Waals surface area contributed by atoms with Gasteiger partial charge < -0.3 is 0 Å². The molecule has 15 heavy (non-hydrogen) atoms. The summed E-state index contributed by atoms with van der Waals surface area (Å²) in [7, 11) is 1.82. The zero-order valence-corrected chi connectivity index (χ0v) is 10.4. The van der Waals surface area contributed by atoms with Crippen LogP contribution in [-0.4, -0.2) is 25.5 Å². The second-order valence-electron chi connectivity index (χ2n) is 5.17. The van der Waals surface area contributed by atoms with Crippen LogP contribution in [0.5, 0.6) is 0 Å². The molecule has 5 heteroatoms. The lowest BCUT2D eigenvalue weighted by Gasteiger charge is -2.26. The SMILES string of the molecule is Cn1nnc(CC2(CBr)CC3CC3C2)n1. The number of aryl methyl sites for hydroxylation is 1. The van der Waals surface area contributed by atoms with E-state index in [0.717, 1.165) is 29.4 Å². The lowest BCUT2D eigenvalue weighted by Crippen LogP contribution is -2.24. The fourth-order valence-corrected chi connectivity index (χ4v) is 3.69. The average Bonchev–Trinajstić information content (AvgIpc) is 2.65. The van der Waals surface area contributed by atoms with Crippen molar-refractivity contribution in [2.24, 2.45) is 24.3 Å². The summed E-state index contributed by atoms with van der Waals surface area (Å²) in [5, 5.41) is 13.3. The van der Waals surface area contributed by atoms with E-state index >= 15 is 0 Å². The van der Waals surface area contributed by atoms with Crippen LogP contribution in [0, 0.1) is 17.3 Å². The average molecular weight is 271 g/mol. The van der Waals surface area contributed by atoms with Crippen molar-refractivity contribution < 1.29 is 0 Å². The maximum Gasteiger partial charge on any atom is 0.175 e. The van der Waals surface area contributed by atoms with Crippen molar-refractivity contribution in [1.29, 1.82) is 0 Å². The molecule has 0 saturated heterocycles. The summed E-state index contributed by atoms with van der Waals surface area (Å²) in [6.45, 7) is 0. The van der Waals surface area contributed by atoms with Crippen molar-refractivity contribution in [3.8, 4) is 0 Å². The molecule has 0 spiro atoms. The molecule has 1 aromatic heterocycles.